The van der Waals surface area contributed by atoms with Crippen molar-refractivity contribution in [1.82, 2.24) is 24.2 Å². The first kappa shape index (κ1) is 51.9. The molecule has 0 saturated carbocycles. The zero-order chi connectivity index (χ0) is 49.4. The number of anilines is 1. The van der Waals surface area contributed by atoms with Crippen LogP contribution in [-0.2, 0) is 38.4 Å². The summed E-state index contributed by atoms with van der Waals surface area (Å²) in [4.78, 5) is 38.9. The number of imidazole rings is 1. The minimum Gasteiger partial charge on any atom is -0.497 e. The molecule has 0 spiro atoms. The number of aromatic amines is 1. The van der Waals surface area contributed by atoms with Gasteiger partial charge in [-0.25, -0.2) is 9.65 Å². The number of fused-ring (bicyclic) bond motifs is 1. The Morgan fingerprint density at radius 2 is 1.49 bits per heavy atom. The molecule has 0 bridgehead atoms. The number of H-pyrrole nitrogens is 1. The number of esters is 1. The highest BCUT2D eigenvalue weighted by molar-refractivity contribution is 7.44. The van der Waals surface area contributed by atoms with Crippen molar-refractivity contribution in [3.05, 3.63) is 112 Å². The van der Waals surface area contributed by atoms with Crippen LogP contribution in [0.4, 0.5) is 5.95 Å². The van der Waals surface area contributed by atoms with Crippen LogP contribution in [0, 0.1) is 16.7 Å². The third-order valence-electron chi connectivity index (χ3n) is 11.1. The molecule has 2 aromatic heterocycles. The van der Waals surface area contributed by atoms with E-state index in [-0.39, 0.29) is 48.8 Å². The Labute approximate surface area is 400 Å². The second-order valence-corrected chi connectivity index (χ2v) is 20.4. The summed E-state index contributed by atoms with van der Waals surface area (Å²) < 4.78 is 55.5. The second-order valence-electron chi connectivity index (χ2n) is 19.0. The van der Waals surface area contributed by atoms with Crippen molar-refractivity contribution in [2.24, 2.45) is 5.41 Å². The van der Waals surface area contributed by atoms with Gasteiger partial charge in [0.1, 0.15) is 35.4 Å². The van der Waals surface area contributed by atoms with Crippen LogP contribution in [0.2, 0.25) is 0 Å². The average Bonchev–Trinajstić information content (AvgIpc) is 3.87. The van der Waals surface area contributed by atoms with Crippen LogP contribution in [0.25, 0.3) is 11.2 Å². The normalized spacial score (nSPS) is 18.3. The van der Waals surface area contributed by atoms with Gasteiger partial charge in [-0.1, -0.05) is 54.6 Å². The van der Waals surface area contributed by atoms with E-state index in [4.69, 9.17) is 42.5 Å². The van der Waals surface area contributed by atoms with Gasteiger partial charge >= 0.3 is 5.97 Å². The second kappa shape index (κ2) is 22.3. The van der Waals surface area contributed by atoms with Crippen molar-refractivity contribution in [3.63, 3.8) is 0 Å². The predicted octanol–water partition coefficient (Wildman–Crippen LogP) is 8.85. The molecule has 0 radical (unpaired) electrons. The van der Waals surface area contributed by atoms with Crippen molar-refractivity contribution in [3.8, 4) is 17.6 Å². The number of carbonyl (C=O) groups is 1. The fraction of sp³-hybridized carbons (Fsp3) is 0.500. The molecule has 0 amide bonds. The molecule has 5 aromatic rings. The van der Waals surface area contributed by atoms with Crippen LogP contribution < -0.4 is 20.3 Å². The molecular formula is C50H66N7O10P. The summed E-state index contributed by atoms with van der Waals surface area (Å²) >= 11 is 0. The molecule has 5 atom stereocenters. The largest absolute Gasteiger partial charge is 0.497 e. The number of methoxy groups -OCH3 is 2. The molecule has 1 saturated heterocycles. The Kier molecular flexibility index (Phi) is 17.1. The maximum Gasteiger partial charge on any atom is 0.313 e. The number of ether oxygens (including phenoxy) is 6. The van der Waals surface area contributed by atoms with Crippen molar-refractivity contribution in [1.29, 1.82) is 5.26 Å². The summed E-state index contributed by atoms with van der Waals surface area (Å²) in [5, 5.41) is 12.8. The average molecular weight is 956 g/mol. The number of rotatable bonds is 21. The molecule has 6 rings (SSSR count). The van der Waals surface area contributed by atoms with Gasteiger partial charge in [0, 0.05) is 17.6 Å². The van der Waals surface area contributed by atoms with E-state index in [0.717, 1.165) is 16.7 Å². The van der Waals surface area contributed by atoms with Crippen molar-refractivity contribution in [2.45, 2.75) is 123 Å². The molecule has 1 unspecified atom stereocenters. The van der Waals surface area contributed by atoms with Gasteiger partial charge in [0.15, 0.2) is 24.2 Å². The Hall–Kier alpha value is -5.44. The number of nitriles is 1. The van der Waals surface area contributed by atoms with E-state index in [1.807, 2.05) is 127 Å². The summed E-state index contributed by atoms with van der Waals surface area (Å²) in [6, 6.07) is 27.3. The lowest BCUT2D eigenvalue weighted by molar-refractivity contribution is -0.178. The van der Waals surface area contributed by atoms with Crippen molar-refractivity contribution in [2.75, 3.05) is 39.5 Å². The molecule has 0 aliphatic carbocycles. The van der Waals surface area contributed by atoms with Gasteiger partial charge in [-0.2, -0.15) is 10.2 Å². The number of hydrogen-bond donors (Lipinski definition) is 2. The number of benzene rings is 3. The van der Waals surface area contributed by atoms with E-state index in [2.05, 4.69) is 26.0 Å². The van der Waals surface area contributed by atoms with Crippen LogP contribution in [0.15, 0.2) is 90.0 Å². The molecule has 3 heterocycles. The lowest BCUT2D eigenvalue weighted by Crippen LogP contribution is -2.43. The summed E-state index contributed by atoms with van der Waals surface area (Å²) in [5.41, 5.74) is -0.331. The summed E-state index contributed by atoms with van der Waals surface area (Å²) in [5.74, 6) is 1.07. The van der Waals surface area contributed by atoms with E-state index < -0.39 is 67.9 Å². The minimum atomic E-state index is -1.92. The molecule has 3 aromatic carbocycles. The number of nitrogens with zero attached hydrogens (tertiary/aromatic N) is 5. The van der Waals surface area contributed by atoms with E-state index in [9.17, 15) is 14.9 Å². The van der Waals surface area contributed by atoms with Crippen LogP contribution in [0.1, 0.15) is 98.6 Å². The number of nitrogens with one attached hydrogen (secondary N) is 2. The van der Waals surface area contributed by atoms with Crippen LogP contribution >= 0.6 is 8.53 Å². The first-order valence-corrected chi connectivity index (χ1v) is 23.9. The highest BCUT2D eigenvalue weighted by Gasteiger charge is 2.52. The smallest absolute Gasteiger partial charge is 0.313 e. The van der Waals surface area contributed by atoms with Crippen molar-refractivity contribution < 1.29 is 42.3 Å². The fourth-order valence-corrected chi connectivity index (χ4v) is 9.73. The summed E-state index contributed by atoms with van der Waals surface area (Å²) in [7, 11) is 1.32. The zero-order valence-corrected chi connectivity index (χ0v) is 42.0. The Bertz CT molecular complexity index is 2460. The number of hydrogen-bond acceptors (Lipinski definition) is 15. The quantitative estimate of drug-likeness (QED) is 0.0233. The predicted molar refractivity (Wildman–Crippen MR) is 259 cm³/mol. The Balaban J connectivity index is 1.55. The summed E-state index contributed by atoms with van der Waals surface area (Å²) in [6.07, 6.45) is -2.50. The third-order valence-corrected chi connectivity index (χ3v) is 13.2. The van der Waals surface area contributed by atoms with E-state index >= 15 is 0 Å². The molecule has 2 N–H and O–H groups in total. The van der Waals surface area contributed by atoms with Gasteiger partial charge < -0.3 is 42.8 Å². The first-order chi connectivity index (χ1) is 32.3. The number of carbonyl (C=O) groups excluding carboxylic acids is 1. The van der Waals surface area contributed by atoms with E-state index in [1.165, 1.54) is 6.33 Å². The standard InChI is InChI=1S/C50H66N7O10P/c1-32(2)57(33(3)4)68(65-28-16-27-51)67-41-39(29-64-50(34-17-14-13-15-18-34,35-19-23-37(60-11)24-20-35)36-21-25-38(61-12)26-22-36)66-45(42(41)62-31-63-46(59)48(5,6)7)56-30-52-40-43(56)53-47(54-44(40)58)55-49(8,9)10/h13-15,17-26,30,32-33,39,41-42,45H,16,28-29,31H2,1-12H3,(H2,53,54,55,58)/t39-,41-,42-,45-,68?/m1/s1. The maximum absolute atomic E-state index is 13.6. The van der Waals surface area contributed by atoms with Gasteiger partial charge in [0.05, 0.1) is 51.7 Å². The highest BCUT2D eigenvalue weighted by Crippen LogP contribution is 2.51. The third kappa shape index (κ3) is 12.0. The SMILES string of the molecule is COc1ccc(C(OC[C@H]2O[C@@H](n3cnc4c(=O)[nH]c(NC(C)(C)C)nc43)[C@H](OCOC(=O)C(C)(C)C)[C@@H]2OP(OCCC#N)N(C(C)C)C(C)C)(c2ccccc2)c2ccc(OC)cc2)cc1. The van der Waals surface area contributed by atoms with Crippen LogP contribution in [-0.4, -0.2) is 100 Å². The molecule has 17 nitrogen and oxygen atoms in total. The topological polar surface area (TPSA) is 194 Å². The lowest BCUT2D eigenvalue weighted by Gasteiger charge is -2.39. The fourth-order valence-electron chi connectivity index (χ4n) is 7.96. The van der Waals surface area contributed by atoms with Gasteiger partial charge in [0.25, 0.3) is 14.1 Å². The molecular weight excluding hydrogens is 890 g/mol. The molecule has 68 heavy (non-hydrogen) atoms. The van der Waals surface area contributed by atoms with Crippen LogP contribution in [0.3, 0.4) is 0 Å². The van der Waals surface area contributed by atoms with Gasteiger partial charge in [-0.15, -0.1) is 0 Å². The van der Waals surface area contributed by atoms with E-state index in [1.54, 1.807) is 39.6 Å². The van der Waals surface area contributed by atoms with Gasteiger partial charge in [0.2, 0.25) is 5.95 Å². The van der Waals surface area contributed by atoms with Gasteiger partial charge in [-0.3, -0.25) is 19.1 Å². The molecule has 366 valence electrons. The molecule has 1 fully saturated rings. The minimum absolute atomic E-state index is 0.0544. The molecule has 1 aliphatic heterocycles. The molecule has 1 aliphatic rings. The first-order valence-electron chi connectivity index (χ1n) is 22.7. The van der Waals surface area contributed by atoms with Crippen molar-refractivity contribution >= 4 is 31.6 Å². The zero-order valence-electron chi connectivity index (χ0n) is 41.1. The molecule has 18 heteroatoms. The monoisotopic (exact) mass is 955 g/mol. The van der Waals surface area contributed by atoms with Crippen LogP contribution in [0.5, 0.6) is 11.5 Å². The summed E-state index contributed by atoms with van der Waals surface area (Å²) in [6.45, 7) is 18.8. The van der Waals surface area contributed by atoms with Gasteiger partial charge in [-0.05, 0) is 110 Å². The lowest BCUT2D eigenvalue weighted by atomic mass is 9.80. The maximum atomic E-state index is 13.6. The Morgan fingerprint density at radius 3 is 2.01 bits per heavy atom. The number of aromatic nitrogens is 4. The Morgan fingerprint density at radius 1 is 0.897 bits per heavy atom. The van der Waals surface area contributed by atoms with E-state index in [0.29, 0.717) is 11.5 Å². The highest BCUT2D eigenvalue weighted by atomic mass is 31.2.